The smallest absolute Gasteiger partial charge is 0.492 e. The fourth-order valence-corrected chi connectivity index (χ4v) is 1.99. The van der Waals surface area contributed by atoms with Crippen LogP contribution in [-0.4, -0.2) is 30.3 Å². The molecule has 2 N–H and O–H groups in total. The van der Waals surface area contributed by atoms with Crippen LogP contribution in [0.4, 0.5) is 15.0 Å². The third-order valence-corrected chi connectivity index (χ3v) is 3.34. The number of anilines is 1. The second-order valence-corrected chi connectivity index (χ2v) is 4.84. The number of carbonyl (C=O) groups excluding carboxylic acids is 1. The number of rotatable bonds is 3. The van der Waals surface area contributed by atoms with E-state index in [-0.39, 0.29) is 38.9 Å². The van der Waals surface area contributed by atoms with E-state index >= 15 is 0 Å². The summed E-state index contributed by atoms with van der Waals surface area (Å²) in [6.45, 7) is 0. The van der Waals surface area contributed by atoms with E-state index in [2.05, 4.69) is 14.7 Å². The van der Waals surface area contributed by atoms with Crippen LogP contribution in [0, 0.1) is 5.82 Å². The van der Waals surface area contributed by atoms with Gasteiger partial charge in [0.05, 0.1) is 24.8 Å². The molecule has 0 radical (unpaired) electrons. The first-order chi connectivity index (χ1) is 10.9. The van der Waals surface area contributed by atoms with E-state index in [1.165, 1.54) is 19.2 Å². The van der Waals surface area contributed by atoms with Crippen LogP contribution in [0.2, 0.25) is 10.0 Å². The van der Waals surface area contributed by atoms with Gasteiger partial charge in [-0.1, -0.05) is 23.2 Å². The largest absolute Gasteiger partial charge is 0.514 e. The molecule has 1 heterocycles. The summed E-state index contributed by atoms with van der Waals surface area (Å²) in [7, 11) is 2.36. The summed E-state index contributed by atoms with van der Waals surface area (Å²) in [4.78, 5) is 18.9. The van der Waals surface area contributed by atoms with Gasteiger partial charge in [-0.3, -0.25) is 0 Å². The minimum absolute atomic E-state index is 0.0654. The van der Waals surface area contributed by atoms with Gasteiger partial charge < -0.3 is 19.9 Å². The number of nitrogens with two attached hydrogens (primary N) is 1. The maximum Gasteiger partial charge on any atom is 0.514 e. The van der Waals surface area contributed by atoms with Crippen LogP contribution in [0.1, 0.15) is 0 Å². The van der Waals surface area contributed by atoms with E-state index in [1.54, 1.807) is 0 Å². The molecule has 0 atom stereocenters. The maximum atomic E-state index is 14.4. The minimum Gasteiger partial charge on any atom is -0.492 e. The predicted octanol–water partition coefficient (Wildman–Crippen LogP) is 3.33. The number of halogens is 3. The zero-order valence-corrected chi connectivity index (χ0v) is 13.4. The highest BCUT2D eigenvalue weighted by atomic mass is 35.5. The molecule has 0 amide bonds. The number of hydrogen-bond donors (Lipinski definition) is 1. The van der Waals surface area contributed by atoms with E-state index < -0.39 is 12.0 Å². The average Bonchev–Trinajstić information content (AvgIpc) is 2.52. The van der Waals surface area contributed by atoms with Gasteiger partial charge in [-0.05, 0) is 12.1 Å². The Balaban J connectivity index is 2.59. The number of ether oxygens (including phenoxy) is 3. The molecule has 7 nitrogen and oxygen atoms in total. The monoisotopic (exact) mass is 361 g/mol. The molecule has 0 saturated carbocycles. The number of carbonyl (C=O) groups is 1. The van der Waals surface area contributed by atoms with Crippen molar-refractivity contribution in [3.05, 3.63) is 28.0 Å². The molecule has 1 aromatic carbocycles. The highest BCUT2D eigenvalue weighted by molar-refractivity contribution is 6.34. The van der Waals surface area contributed by atoms with Gasteiger partial charge in [0.25, 0.3) is 5.88 Å². The number of nitrogen functional groups attached to an aromatic ring is 1. The average molecular weight is 362 g/mol. The lowest BCUT2D eigenvalue weighted by molar-refractivity contribution is 0.120. The van der Waals surface area contributed by atoms with Crippen molar-refractivity contribution in [3.8, 4) is 23.0 Å². The van der Waals surface area contributed by atoms with Crippen molar-refractivity contribution in [2.45, 2.75) is 0 Å². The van der Waals surface area contributed by atoms with Crippen molar-refractivity contribution in [3.63, 3.8) is 0 Å². The lowest BCUT2D eigenvalue weighted by Gasteiger charge is -2.11. The lowest BCUT2D eigenvalue weighted by Crippen LogP contribution is -2.11. The van der Waals surface area contributed by atoms with Gasteiger partial charge >= 0.3 is 6.16 Å². The van der Waals surface area contributed by atoms with Gasteiger partial charge in [-0.2, -0.15) is 4.98 Å². The fraction of sp³-hybridized carbons (Fsp3) is 0.154. The van der Waals surface area contributed by atoms with Gasteiger partial charge in [-0.25, -0.2) is 14.2 Å². The summed E-state index contributed by atoms with van der Waals surface area (Å²) >= 11 is 11.7. The van der Waals surface area contributed by atoms with E-state index in [4.69, 9.17) is 38.4 Å². The second kappa shape index (κ2) is 6.84. The zero-order chi connectivity index (χ0) is 17.1. The van der Waals surface area contributed by atoms with Crippen molar-refractivity contribution in [2.24, 2.45) is 0 Å². The SMILES string of the molecule is COC(=O)Oc1nc(-c2ccc(Cl)c(OC)c2F)nc(N)c1Cl. The Morgan fingerprint density at radius 1 is 1.26 bits per heavy atom. The third kappa shape index (κ3) is 3.38. The first-order valence-electron chi connectivity index (χ1n) is 6.00. The van der Waals surface area contributed by atoms with Crippen molar-refractivity contribution in [1.29, 1.82) is 0 Å². The van der Waals surface area contributed by atoms with Crippen molar-refractivity contribution in [1.82, 2.24) is 9.97 Å². The number of nitrogens with zero attached hydrogens (tertiary/aromatic N) is 2. The molecule has 0 aliphatic heterocycles. The lowest BCUT2D eigenvalue weighted by atomic mass is 10.2. The van der Waals surface area contributed by atoms with Crippen LogP contribution in [-0.2, 0) is 4.74 Å². The second-order valence-electron chi connectivity index (χ2n) is 4.05. The Labute approximate surface area is 140 Å². The Hall–Kier alpha value is -2.32. The first kappa shape index (κ1) is 17.0. The summed E-state index contributed by atoms with van der Waals surface area (Å²) < 4.78 is 28.4. The zero-order valence-electron chi connectivity index (χ0n) is 11.9. The van der Waals surface area contributed by atoms with Crippen LogP contribution >= 0.6 is 23.2 Å². The Bertz CT molecular complexity index is 773. The number of aromatic nitrogens is 2. The highest BCUT2D eigenvalue weighted by Crippen LogP contribution is 2.36. The van der Waals surface area contributed by atoms with Crippen molar-refractivity contribution in [2.75, 3.05) is 20.0 Å². The quantitative estimate of drug-likeness (QED) is 0.837. The molecule has 23 heavy (non-hydrogen) atoms. The summed E-state index contributed by atoms with van der Waals surface area (Å²) in [5, 5.41) is -0.137. The third-order valence-electron chi connectivity index (χ3n) is 2.69. The molecule has 0 unspecified atom stereocenters. The van der Waals surface area contributed by atoms with E-state index in [1.807, 2.05) is 0 Å². The molecule has 0 bridgehead atoms. The standard InChI is InChI=1S/C13H10Cl2FN3O4/c1-21-9-6(14)4-3-5(8(9)16)11-18-10(17)7(15)12(19-11)23-13(20)22-2/h3-4H,1-2H3,(H2,17,18,19). The number of benzene rings is 1. The van der Waals surface area contributed by atoms with E-state index in [0.29, 0.717) is 0 Å². The van der Waals surface area contributed by atoms with Gasteiger partial charge in [0.2, 0.25) is 0 Å². The molecule has 0 aliphatic carbocycles. The van der Waals surface area contributed by atoms with E-state index in [0.717, 1.165) is 7.11 Å². The van der Waals surface area contributed by atoms with Crippen molar-refractivity contribution >= 4 is 35.2 Å². The van der Waals surface area contributed by atoms with Gasteiger partial charge in [0.1, 0.15) is 10.8 Å². The Morgan fingerprint density at radius 3 is 2.57 bits per heavy atom. The van der Waals surface area contributed by atoms with Crippen LogP contribution < -0.4 is 15.2 Å². The molecular formula is C13H10Cl2FN3O4. The summed E-state index contributed by atoms with van der Waals surface area (Å²) in [5.74, 6) is -1.72. The molecule has 0 spiro atoms. The normalized spacial score (nSPS) is 10.3. The van der Waals surface area contributed by atoms with Crippen LogP contribution in [0.15, 0.2) is 12.1 Å². The Morgan fingerprint density at radius 2 is 1.96 bits per heavy atom. The maximum absolute atomic E-state index is 14.4. The molecule has 0 aliphatic rings. The van der Waals surface area contributed by atoms with Crippen LogP contribution in [0.25, 0.3) is 11.4 Å². The van der Waals surface area contributed by atoms with Gasteiger partial charge in [0, 0.05) is 0 Å². The van der Waals surface area contributed by atoms with Crippen molar-refractivity contribution < 1.29 is 23.4 Å². The van der Waals surface area contributed by atoms with Gasteiger partial charge in [0.15, 0.2) is 17.4 Å². The molecule has 10 heteroatoms. The molecule has 122 valence electrons. The summed E-state index contributed by atoms with van der Waals surface area (Å²) in [6.07, 6.45) is -1.06. The van der Waals surface area contributed by atoms with Gasteiger partial charge in [-0.15, -0.1) is 0 Å². The topological polar surface area (TPSA) is 96.6 Å². The number of hydrogen-bond acceptors (Lipinski definition) is 7. The molecule has 2 aromatic rings. The summed E-state index contributed by atoms with van der Waals surface area (Å²) in [6, 6.07) is 2.72. The molecule has 2 rings (SSSR count). The Kier molecular flexibility index (Phi) is 5.07. The fourth-order valence-electron chi connectivity index (χ4n) is 1.64. The van der Waals surface area contributed by atoms with Crippen LogP contribution in [0.3, 0.4) is 0 Å². The van der Waals surface area contributed by atoms with E-state index in [9.17, 15) is 9.18 Å². The van der Waals surface area contributed by atoms with Crippen LogP contribution in [0.5, 0.6) is 11.6 Å². The molecule has 0 saturated heterocycles. The predicted molar refractivity (Wildman–Crippen MR) is 81.4 cm³/mol. The molecular weight excluding hydrogens is 352 g/mol. The molecule has 0 fully saturated rings. The minimum atomic E-state index is -1.06. The highest BCUT2D eigenvalue weighted by Gasteiger charge is 2.21. The first-order valence-corrected chi connectivity index (χ1v) is 6.75. The summed E-state index contributed by atoms with van der Waals surface area (Å²) in [5.41, 5.74) is 5.57. The number of methoxy groups -OCH3 is 2. The molecule has 1 aromatic heterocycles.